The molecule has 0 saturated heterocycles. The lowest BCUT2D eigenvalue weighted by Crippen LogP contribution is -2.22. The van der Waals surface area contributed by atoms with Gasteiger partial charge in [-0.15, -0.1) is 0 Å². The molecule has 1 aromatic heterocycles. The zero-order valence-electron chi connectivity index (χ0n) is 8.83. The summed E-state index contributed by atoms with van der Waals surface area (Å²) < 4.78 is 11.6. The summed E-state index contributed by atoms with van der Waals surface area (Å²) in [5.74, 6) is 0.359. The second-order valence-electron chi connectivity index (χ2n) is 3.33. The van der Waals surface area contributed by atoms with Crippen molar-refractivity contribution in [3.63, 3.8) is 0 Å². The summed E-state index contributed by atoms with van der Waals surface area (Å²) in [6.45, 7) is 0.287. The van der Waals surface area contributed by atoms with E-state index < -0.39 is 7.32 Å². The minimum Gasteiger partial charge on any atom is -0.499 e. The Morgan fingerprint density at radius 3 is 2.75 bits per heavy atom. The van der Waals surface area contributed by atoms with Gasteiger partial charge in [0, 0.05) is 18.6 Å². The van der Waals surface area contributed by atoms with E-state index in [1.807, 2.05) is 24.3 Å². The number of aromatic nitrogens is 1. The van der Waals surface area contributed by atoms with Gasteiger partial charge in [0.25, 0.3) is 0 Å². The van der Waals surface area contributed by atoms with Crippen molar-refractivity contribution in [1.29, 1.82) is 0 Å². The largest absolute Gasteiger partial charge is 0.708 e. The van der Waals surface area contributed by atoms with Gasteiger partial charge in [-0.05, 0) is 6.07 Å². The van der Waals surface area contributed by atoms with Crippen molar-refractivity contribution in [2.24, 2.45) is 0 Å². The zero-order chi connectivity index (χ0) is 11.5. The Kier molecular flexibility index (Phi) is 3.14. The molecule has 84 valence electrons. The van der Waals surface area contributed by atoms with Gasteiger partial charge in [-0.3, -0.25) is 4.57 Å². The molecule has 1 aromatic carbocycles. The highest BCUT2D eigenvalue weighted by atomic mass is 16.6. The van der Waals surface area contributed by atoms with E-state index in [1.165, 1.54) is 0 Å². The molecule has 0 bridgehead atoms. The molecule has 0 fully saturated rings. The minimum absolute atomic E-state index is 0.287. The van der Waals surface area contributed by atoms with Crippen molar-refractivity contribution in [2.75, 3.05) is 7.11 Å². The van der Waals surface area contributed by atoms with Crippen molar-refractivity contribution in [3.05, 3.63) is 30.3 Å². The van der Waals surface area contributed by atoms with Crippen LogP contribution >= 0.6 is 0 Å². The zero-order valence-corrected chi connectivity index (χ0v) is 8.83. The number of hydrogen-bond donors (Lipinski definition) is 2. The van der Waals surface area contributed by atoms with Crippen LogP contribution in [-0.4, -0.2) is 29.0 Å². The van der Waals surface area contributed by atoms with Gasteiger partial charge in [-0.25, -0.2) is 0 Å². The number of ether oxygens (including phenoxy) is 1. The average Bonchev–Trinajstić information content (AvgIpc) is 2.57. The molecule has 0 aliphatic carbocycles. The maximum absolute atomic E-state index is 8.80. The fraction of sp³-hybridized carbons (Fsp3) is 0.200. The van der Waals surface area contributed by atoms with Gasteiger partial charge >= 0.3 is 7.32 Å². The van der Waals surface area contributed by atoms with Crippen LogP contribution in [0.2, 0.25) is 0 Å². The molecule has 0 aliphatic heterocycles. The van der Waals surface area contributed by atoms with Crippen molar-refractivity contribution in [2.45, 2.75) is 6.73 Å². The molecule has 0 radical (unpaired) electrons. The molecule has 5 nitrogen and oxygen atoms in total. The van der Waals surface area contributed by atoms with Gasteiger partial charge in [-0.1, -0.05) is 18.2 Å². The summed E-state index contributed by atoms with van der Waals surface area (Å²) in [7, 11) is -0.270. The Balaban J connectivity index is 2.49. The first-order valence-electron chi connectivity index (χ1n) is 4.82. The predicted octanol–water partition coefficient (Wildman–Crippen LogP) is 0.593. The normalized spacial score (nSPS) is 10.7. The Morgan fingerprint density at radius 2 is 2.06 bits per heavy atom. The molecular weight excluding hydrogens is 209 g/mol. The monoisotopic (exact) mass is 221 g/mol. The van der Waals surface area contributed by atoms with Crippen LogP contribution in [0.3, 0.4) is 0 Å². The molecule has 0 saturated carbocycles. The van der Waals surface area contributed by atoms with E-state index in [9.17, 15) is 0 Å². The fourth-order valence-electron chi connectivity index (χ4n) is 1.65. The highest BCUT2D eigenvalue weighted by molar-refractivity contribution is 6.33. The Hall–Kier alpha value is -1.50. The standard InChI is InChI=1S/C10H12BNO4/c1-15-7-12-9-5-3-2-4-8(9)6-10(12)16-11(13)14/h2-6,13-14H,7H2,1H3. The predicted molar refractivity (Wildman–Crippen MR) is 59.8 cm³/mol. The van der Waals surface area contributed by atoms with Gasteiger partial charge in [0.2, 0.25) is 0 Å². The first kappa shape index (κ1) is 11.0. The van der Waals surface area contributed by atoms with Gasteiger partial charge in [0.15, 0.2) is 5.88 Å². The molecule has 0 amide bonds. The van der Waals surface area contributed by atoms with Gasteiger partial charge < -0.3 is 19.4 Å². The molecule has 0 aliphatic rings. The van der Waals surface area contributed by atoms with Crippen molar-refractivity contribution in [3.8, 4) is 5.88 Å². The van der Waals surface area contributed by atoms with Crippen molar-refractivity contribution < 1.29 is 19.4 Å². The van der Waals surface area contributed by atoms with E-state index >= 15 is 0 Å². The molecular formula is C10H12BNO4. The summed E-state index contributed by atoms with van der Waals surface area (Å²) in [5, 5.41) is 18.6. The third-order valence-electron chi connectivity index (χ3n) is 2.26. The highest BCUT2D eigenvalue weighted by Crippen LogP contribution is 2.25. The third kappa shape index (κ3) is 2.04. The molecule has 0 spiro atoms. The smallest absolute Gasteiger partial charge is 0.499 e. The second-order valence-corrected chi connectivity index (χ2v) is 3.33. The summed E-state index contributed by atoms with van der Waals surface area (Å²) in [6.07, 6.45) is 0. The summed E-state index contributed by atoms with van der Waals surface area (Å²) in [4.78, 5) is 0. The quantitative estimate of drug-likeness (QED) is 0.741. The summed E-state index contributed by atoms with van der Waals surface area (Å²) >= 11 is 0. The number of fused-ring (bicyclic) bond motifs is 1. The molecule has 0 atom stereocenters. The van der Waals surface area contributed by atoms with Crippen LogP contribution in [0.5, 0.6) is 5.88 Å². The van der Waals surface area contributed by atoms with E-state index in [4.69, 9.17) is 19.4 Å². The van der Waals surface area contributed by atoms with Crippen LogP contribution < -0.4 is 4.65 Å². The van der Waals surface area contributed by atoms with E-state index in [1.54, 1.807) is 17.7 Å². The number of benzene rings is 1. The lowest BCUT2D eigenvalue weighted by Gasteiger charge is -2.09. The Morgan fingerprint density at radius 1 is 1.31 bits per heavy atom. The first-order valence-corrected chi connectivity index (χ1v) is 4.82. The topological polar surface area (TPSA) is 63.9 Å². The number of para-hydroxylation sites is 1. The number of methoxy groups -OCH3 is 1. The summed E-state index contributed by atoms with van der Waals surface area (Å²) in [6, 6.07) is 9.35. The molecule has 6 heteroatoms. The average molecular weight is 221 g/mol. The van der Waals surface area contributed by atoms with Crippen LogP contribution in [0.25, 0.3) is 10.9 Å². The van der Waals surface area contributed by atoms with Crippen LogP contribution in [0.15, 0.2) is 30.3 Å². The van der Waals surface area contributed by atoms with Gasteiger partial charge in [0.1, 0.15) is 6.73 Å². The van der Waals surface area contributed by atoms with E-state index in [0.29, 0.717) is 5.88 Å². The molecule has 2 aromatic rings. The lowest BCUT2D eigenvalue weighted by atomic mass is 10.2. The summed E-state index contributed by atoms with van der Waals surface area (Å²) in [5.41, 5.74) is 0.917. The van der Waals surface area contributed by atoms with E-state index in [-0.39, 0.29) is 6.73 Å². The lowest BCUT2D eigenvalue weighted by molar-refractivity contribution is 0.127. The van der Waals surface area contributed by atoms with Gasteiger partial charge in [0.05, 0.1) is 5.52 Å². The molecule has 2 rings (SSSR count). The minimum atomic E-state index is -1.83. The SMILES string of the molecule is COCn1c(OB(O)O)cc2ccccc21. The molecule has 2 N–H and O–H groups in total. The van der Waals surface area contributed by atoms with Crippen molar-refractivity contribution in [1.82, 2.24) is 4.57 Å². The second kappa shape index (κ2) is 4.57. The molecule has 16 heavy (non-hydrogen) atoms. The van der Waals surface area contributed by atoms with Crippen LogP contribution in [-0.2, 0) is 11.5 Å². The van der Waals surface area contributed by atoms with E-state index in [2.05, 4.69) is 0 Å². The third-order valence-corrected chi connectivity index (χ3v) is 2.26. The van der Waals surface area contributed by atoms with Crippen LogP contribution in [0, 0.1) is 0 Å². The molecule has 1 heterocycles. The van der Waals surface area contributed by atoms with Crippen LogP contribution in [0.1, 0.15) is 0 Å². The maximum Gasteiger partial charge on any atom is 0.708 e. The number of hydrogen-bond acceptors (Lipinski definition) is 4. The van der Waals surface area contributed by atoms with Crippen molar-refractivity contribution >= 4 is 18.2 Å². The highest BCUT2D eigenvalue weighted by Gasteiger charge is 2.16. The first-order chi connectivity index (χ1) is 7.72. The fourth-order valence-corrected chi connectivity index (χ4v) is 1.65. The molecule has 0 unspecified atom stereocenters. The Labute approximate surface area is 93.0 Å². The number of rotatable bonds is 4. The van der Waals surface area contributed by atoms with E-state index in [0.717, 1.165) is 10.9 Å². The van der Waals surface area contributed by atoms with Crippen LogP contribution in [0.4, 0.5) is 0 Å². The number of nitrogens with zero attached hydrogens (tertiary/aromatic N) is 1. The van der Waals surface area contributed by atoms with Gasteiger partial charge in [-0.2, -0.15) is 0 Å². The Bertz CT molecular complexity index is 483. The maximum atomic E-state index is 8.80.